The Balaban J connectivity index is 1.48. The van der Waals surface area contributed by atoms with E-state index in [0.717, 1.165) is 5.56 Å². The van der Waals surface area contributed by atoms with Crippen LogP contribution in [0.2, 0.25) is 0 Å². The summed E-state index contributed by atoms with van der Waals surface area (Å²) >= 11 is 0. The van der Waals surface area contributed by atoms with Crippen molar-refractivity contribution >= 4 is 11.8 Å². The molecule has 4 N–H and O–H groups in total. The van der Waals surface area contributed by atoms with E-state index in [4.69, 9.17) is 10.5 Å². The molecule has 6 heteroatoms. The maximum Gasteiger partial charge on any atom is 0.237 e. The van der Waals surface area contributed by atoms with Gasteiger partial charge in [-0.25, -0.2) is 0 Å². The molecule has 0 saturated heterocycles. The molecule has 31 heavy (non-hydrogen) atoms. The second-order valence-electron chi connectivity index (χ2n) is 7.13. The summed E-state index contributed by atoms with van der Waals surface area (Å²) in [6.45, 7) is 2.13. The first kappa shape index (κ1) is 22.1. The average molecular weight is 418 g/mol. The van der Waals surface area contributed by atoms with E-state index in [1.165, 1.54) is 5.56 Å². The molecule has 0 aromatic heterocycles. The number of benzene rings is 3. The molecule has 0 aliphatic carbocycles. The van der Waals surface area contributed by atoms with Gasteiger partial charge in [-0.2, -0.15) is 0 Å². The molecule has 0 bridgehead atoms. The predicted molar refractivity (Wildman–Crippen MR) is 120 cm³/mol. The molecule has 1 atom stereocenters. The van der Waals surface area contributed by atoms with Crippen LogP contribution in [0.3, 0.4) is 0 Å². The third kappa shape index (κ3) is 6.97. The second kappa shape index (κ2) is 11.5. The fourth-order valence-corrected chi connectivity index (χ4v) is 3.15. The van der Waals surface area contributed by atoms with E-state index < -0.39 is 17.7 Å². The zero-order valence-corrected chi connectivity index (χ0v) is 17.3. The molecule has 6 nitrogen and oxygen atoms in total. The lowest BCUT2D eigenvalue weighted by atomic mass is 9.97. The number of hydrogen-bond acceptors (Lipinski definition) is 4. The molecule has 3 aromatic carbocycles. The Morgan fingerprint density at radius 2 is 1.42 bits per heavy atom. The van der Waals surface area contributed by atoms with Crippen molar-refractivity contribution in [3.8, 4) is 5.75 Å². The van der Waals surface area contributed by atoms with Crippen LogP contribution in [0, 0.1) is 0 Å². The first-order chi connectivity index (χ1) is 15.1. The Hall–Kier alpha value is -3.64. The number of ether oxygens (including phenoxy) is 1. The minimum atomic E-state index is -1.04. The van der Waals surface area contributed by atoms with E-state index in [0.29, 0.717) is 37.6 Å². The number of hydrogen-bond donors (Lipinski definition) is 3. The molecule has 160 valence electrons. The lowest BCUT2D eigenvalue weighted by molar-refractivity contribution is -0.129. The Labute approximate surface area is 182 Å². The van der Waals surface area contributed by atoms with E-state index in [-0.39, 0.29) is 0 Å². The largest absolute Gasteiger partial charge is 0.489 e. The van der Waals surface area contributed by atoms with Gasteiger partial charge in [-0.05, 0) is 28.8 Å². The molecular formula is C25H27N3O3. The van der Waals surface area contributed by atoms with Crippen molar-refractivity contribution < 1.29 is 14.3 Å². The van der Waals surface area contributed by atoms with Crippen molar-refractivity contribution in [3.63, 3.8) is 0 Å². The van der Waals surface area contributed by atoms with Crippen LogP contribution in [0.5, 0.6) is 5.75 Å². The van der Waals surface area contributed by atoms with Crippen molar-refractivity contribution in [2.45, 2.75) is 19.1 Å². The molecule has 0 spiro atoms. The molecular weight excluding hydrogens is 390 g/mol. The van der Waals surface area contributed by atoms with Gasteiger partial charge in [0.25, 0.3) is 0 Å². The molecule has 1 unspecified atom stereocenters. The van der Waals surface area contributed by atoms with Gasteiger partial charge in [0, 0.05) is 19.6 Å². The van der Waals surface area contributed by atoms with Crippen LogP contribution < -0.4 is 21.1 Å². The lowest BCUT2D eigenvalue weighted by Crippen LogP contribution is -2.39. The highest BCUT2D eigenvalue weighted by molar-refractivity contribution is 6.05. The van der Waals surface area contributed by atoms with E-state index in [9.17, 15) is 9.59 Å². The number of carbonyl (C=O) groups excluding carboxylic acids is 2. The van der Waals surface area contributed by atoms with Crippen LogP contribution in [0.15, 0.2) is 84.9 Å². The quantitative estimate of drug-likeness (QED) is 0.330. The summed E-state index contributed by atoms with van der Waals surface area (Å²) in [4.78, 5) is 24.5. The Morgan fingerprint density at radius 1 is 0.806 bits per heavy atom. The van der Waals surface area contributed by atoms with E-state index in [1.807, 2.05) is 60.7 Å². The summed E-state index contributed by atoms with van der Waals surface area (Å²) in [6, 6.07) is 26.7. The summed E-state index contributed by atoms with van der Waals surface area (Å²) in [5.41, 5.74) is 8.26. The first-order valence-corrected chi connectivity index (χ1v) is 10.2. The van der Waals surface area contributed by atoms with Gasteiger partial charge in [-0.3, -0.25) is 9.59 Å². The van der Waals surface area contributed by atoms with Crippen molar-refractivity contribution in [1.29, 1.82) is 0 Å². The summed E-state index contributed by atoms with van der Waals surface area (Å²) in [5.74, 6) is -1.49. The number of nitrogens with one attached hydrogen (secondary N) is 2. The van der Waals surface area contributed by atoms with E-state index in [2.05, 4.69) is 10.6 Å². The number of amides is 2. The second-order valence-corrected chi connectivity index (χ2v) is 7.13. The summed E-state index contributed by atoms with van der Waals surface area (Å²) in [7, 11) is 0. The number of rotatable bonds is 11. The van der Waals surface area contributed by atoms with Crippen LogP contribution in [-0.4, -0.2) is 24.9 Å². The highest BCUT2D eigenvalue weighted by Gasteiger charge is 2.26. The van der Waals surface area contributed by atoms with Crippen LogP contribution in [-0.2, 0) is 22.7 Å². The van der Waals surface area contributed by atoms with Crippen molar-refractivity contribution in [2.24, 2.45) is 5.73 Å². The van der Waals surface area contributed by atoms with Crippen LogP contribution in [0.1, 0.15) is 22.6 Å². The highest BCUT2D eigenvalue weighted by Crippen LogP contribution is 2.20. The summed E-state index contributed by atoms with van der Waals surface area (Å²) in [5, 5.41) is 6.03. The van der Waals surface area contributed by atoms with Gasteiger partial charge in [0.15, 0.2) is 0 Å². The first-order valence-electron chi connectivity index (χ1n) is 10.2. The van der Waals surface area contributed by atoms with Crippen molar-refractivity contribution in [2.75, 3.05) is 13.1 Å². The fourth-order valence-electron chi connectivity index (χ4n) is 3.15. The fraction of sp³-hybridized carbons (Fsp3) is 0.200. The maximum atomic E-state index is 12.5. The van der Waals surface area contributed by atoms with E-state index in [1.54, 1.807) is 24.3 Å². The Kier molecular flexibility index (Phi) is 8.20. The molecule has 3 aromatic rings. The highest BCUT2D eigenvalue weighted by atomic mass is 16.5. The predicted octanol–water partition coefficient (Wildman–Crippen LogP) is 2.74. The topological polar surface area (TPSA) is 93.5 Å². The molecule has 0 fully saturated rings. The third-order valence-electron chi connectivity index (χ3n) is 4.78. The van der Waals surface area contributed by atoms with Gasteiger partial charge in [-0.1, -0.05) is 72.8 Å². The lowest BCUT2D eigenvalue weighted by Gasteiger charge is -2.15. The van der Waals surface area contributed by atoms with Crippen LogP contribution >= 0.6 is 0 Å². The Bertz CT molecular complexity index is 960. The molecule has 0 aliphatic rings. The van der Waals surface area contributed by atoms with Gasteiger partial charge in [0.05, 0.1) is 0 Å². The third-order valence-corrected chi connectivity index (χ3v) is 4.78. The number of carbonyl (C=O) groups is 2. The maximum absolute atomic E-state index is 12.5. The van der Waals surface area contributed by atoms with Gasteiger partial charge < -0.3 is 21.1 Å². The average Bonchev–Trinajstić information content (AvgIpc) is 2.79. The van der Waals surface area contributed by atoms with Crippen molar-refractivity contribution in [3.05, 3.63) is 102 Å². The standard InChI is InChI=1S/C25H27N3O3/c26-24(29)23(25(30)28-16-15-27-17-19-7-3-1-4-8-19)21-11-13-22(14-12-21)31-18-20-9-5-2-6-10-20/h1-14,23,27H,15-18H2,(H2,26,29)(H,28,30). The molecule has 3 rings (SSSR count). The van der Waals surface area contributed by atoms with E-state index >= 15 is 0 Å². The van der Waals surface area contributed by atoms with Crippen LogP contribution in [0.25, 0.3) is 0 Å². The SMILES string of the molecule is NC(=O)C(C(=O)NCCNCc1ccccc1)c1ccc(OCc2ccccc2)cc1. The van der Waals surface area contributed by atoms with Gasteiger partial charge in [0.1, 0.15) is 18.3 Å². The summed E-state index contributed by atoms with van der Waals surface area (Å²) < 4.78 is 5.75. The van der Waals surface area contributed by atoms with Crippen molar-refractivity contribution in [1.82, 2.24) is 10.6 Å². The zero-order chi connectivity index (χ0) is 21.9. The van der Waals surface area contributed by atoms with Gasteiger partial charge in [-0.15, -0.1) is 0 Å². The molecule has 0 aliphatic heterocycles. The molecule has 0 saturated carbocycles. The monoisotopic (exact) mass is 417 g/mol. The minimum absolute atomic E-state index is 0.397. The zero-order valence-electron chi connectivity index (χ0n) is 17.3. The molecule has 0 radical (unpaired) electrons. The smallest absolute Gasteiger partial charge is 0.237 e. The summed E-state index contributed by atoms with van der Waals surface area (Å²) in [6.07, 6.45) is 0. The Morgan fingerprint density at radius 3 is 2.03 bits per heavy atom. The van der Waals surface area contributed by atoms with Crippen LogP contribution in [0.4, 0.5) is 0 Å². The normalized spacial score (nSPS) is 11.5. The van der Waals surface area contributed by atoms with Gasteiger partial charge in [0.2, 0.25) is 11.8 Å². The number of primary amides is 1. The molecule has 0 heterocycles. The molecule has 2 amide bonds. The van der Waals surface area contributed by atoms with Gasteiger partial charge >= 0.3 is 0 Å². The number of nitrogens with two attached hydrogens (primary N) is 1. The minimum Gasteiger partial charge on any atom is -0.489 e.